The zero-order chi connectivity index (χ0) is 13.1. The molecule has 0 aliphatic carbocycles. The summed E-state index contributed by atoms with van der Waals surface area (Å²) >= 11 is 0. The van der Waals surface area contributed by atoms with E-state index in [2.05, 4.69) is 0 Å². The molecule has 0 saturated carbocycles. The summed E-state index contributed by atoms with van der Waals surface area (Å²) in [6, 6.07) is 6.45. The molecule has 0 spiro atoms. The van der Waals surface area contributed by atoms with Gasteiger partial charge in [-0.15, -0.1) is 0 Å². The Morgan fingerprint density at radius 1 is 0.889 bits per heavy atom. The lowest BCUT2D eigenvalue weighted by Gasteiger charge is -2.07. The van der Waals surface area contributed by atoms with E-state index in [1.807, 2.05) is 0 Å². The lowest BCUT2D eigenvalue weighted by molar-refractivity contribution is 0.294. The molecule has 1 nitrogen and oxygen atoms in total. The smallest absolute Gasteiger partial charge is 0.165 e. The predicted molar refractivity (Wildman–Crippen MR) is 57.0 cm³/mol. The molecule has 0 unspecified atom stereocenters. The van der Waals surface area contributed by atoms with Crippen LogP contribution in [0.25, 0.3) is 0 Å². The van der Waals surface area contributed by atoms with Gasteiger partial charge in [-0.2, -0.15) is 0 Å². The van der Waals surface area contributed by atoms with E-state index in [1.54, 1.807) is 0 Å². The Hall–Kier alpha value is -2.04. The van der Waals surface area contributed by atoms with Gasteiger partial charge in [0.05, 0.1) is 0 Å². The number of benzene rings is 2. The van der Waals surface area contributed by atoms with E-state index in [-0.39, 0.29) is 17.9 Å². The maximum atomic E-state index is 13.3. The molecule has 5 heteroatoms. The average molecular weight is 256 g/mol. The van der Waals surface area contributed by atoms with Gasteiger partial charge >= 0.3 is 0 Å². The molecule has 0 bridgehead atoms. The summed E-state index contributed by atoms with van der Waals surface area (Å²) in [5.74, 6) is -3.72. The first-order valence-corrected chi connectivity index (χ1v) is 5.08. The van der Waals surface area contributed by atoms with Crippen LogP contribution >= 0.6 is 0 Å². The van der Waals surface area contributed by atoms with Gasteiger partial charge in [-0.05, 0) is 18.2 Å². The molecule has 0 aliphatic heterocycles. The van der Waals surface area contributed by atoms with Crippen LogP contribution in [-0.4, -0.2) is 0 Å². The molecule has 0 heterocycles. The van der Waals surface area contributed by atoms with E-state index in [9.17, 15) is 17.6 Å². The van der Waals surface area contributed by atoms with Crippen LogP contribution in [0.15, 0.2) is 36.4 Å². The second kappa shape index (κ2) is 5.08. The van der Waals surface area contributed by atoms with Gasteiger partial charge < -0.3 is 4.74 Å². The Labute approximate surface area is 101 Å². The highest BCUT2D eigenvalue weighted by molar-refractivity contribution is 5.24. The Morgan fingerprint density at radius 3 is 2.39 bits per heavy atom. The first-order valence-electron chi connectivity index (χ1n) is 5.08. The second-order valence-electron chi connectivity index (χ2n) is 3.61. The van der Waals surface area contributed by atoms with Crippen molar-refractivity contribution in [3.05, 3.63) is 65.2 Å². The number of hydrogen-bond acceptors (Lipinski definition) is 1. The molecule has 0 atom stereocenters. The molecule has 2 aromatic carbocycles. The molecule has 0 aromatic heterocycles. The minimum absolute atomic E-state index is 0.152. The third-order valence-electron chi connectivity index (χ3n) is 2.26. The third kappa shape index (κ3) is 2.80. The highest BCUT2D eigenvalue weighted by Gasteiger charge is 2.11. The molecule has 0 aliphatic rings. The van der Waals surface area contributed by atoms with Crippen LogP contribution in [0.2, 0.25) is 0 Å². The summed E-state index contributed by atoms with van der Waals surface area (Å²) in [4.78, 5) is 0. The van der Waals surface area contributed by atoms with Crippen molar-refractivity contribution in [2.45, 2.75) is 6.61 Å². The molecule has 0 N–H and O–H groups in total. The highest BCUT2D eigenvalue weighted by atomic mass is 19.2. The van der Waals surface area contributed by atoms with Crippen LogP contribution in [0.5, 0.6) is 5.75 Å². The molecule has 0 saturated heterocycles. The molecule has 94 valence electrons. The van der Waals surface area contributed by atoms with Gasteiger partial charge in [-0.3, -0.25) is 0 Å². The quantitative estimate of drug-likeness (QED) is 0.599. The minimum atomic E-state index is -1.28. The lowest BCUT2D eigenvalue weighted by Crippen LogP contribution is -2.02. The molecular formula is C13H8F4O. The topological polar surface area (TPSA) is 9.23 Å². The lowest BCUT2D eigenvalue weighted by atomic mass is 10.2. The van der Waals surface area contributed by atoms with E-state index in [1.165, 1.54) is 18.2 Å². The van der Waals surface area contributed by atoms with Crippen molar-refractivity contribution in [1.29, 1.82) is 0 Å². The largest absolute Gasteiger partial charge is 0.489 e. The van der Waals surface area contributed by atoms with Crippen molar-refractivity contribution >= 4 is 0 Å². The molecule has 0 fully saturated rings. The Morgan fingerprint density at radius 2 is 1.67 bits per heavy atom. The summed E-state index contributed by atoms with van der Waals surface area (Å²) in [6.45, 7) is -0.385. The fourth-order valence-corrected chi connectivity index (χ4v) is 1.43. The van der Waals surface area contributed by atoms with Crippen LogP contribution < -0.4 is 4.74 Å². The van der Waals surface area contributed by atoms with Crippen molar-refractivity contribution < 1.29 is 22.3 Å². The van der Waals surface area contributed by atoms with E-state index in [0.717, 1.165) is 12.1 Å². The van der Waals surface area contributed by atoms with Crippen molar-refractivity contribution in [2.75, 3.05) is 0 Å². The minimum Gasteiger partial charge on any atom is -0.489 e. The summed E-state index contributed by atoms with van der Waals surface area (Å²) in [6.07, 6.45) is 0. The van der Waals surface area contributed by atoms with Gasteiger partial charge in [0, 0.05) is 17.7 Å². The van der Waals surface area contributed by atoms with E-state index in [4.69, 9.17) is 4.74 Å². The highest BCUT2D eigenvalue weighted by Crippen LogP contribution is 2.18. The van der Waals surface area contributed by atoms with Crippen LogP contribution in [0.4, 0.5) is 17.6 Å². The monoisotopic (exact) mass is 256 g/mol. The van der Waals surface area contributed by atoms with Crippen molar-refractivity contribution in [1.82, 2.24) is 0 Å². The second-order valence-corrected chi connectivity index (χ2v) is 3.61. The molecule has 0 radical (unpaired) electrons. The van der Waals surface area contributed by atoms with Crippen molar-refractivity contribution in [2.24, 2.45) is 0 Å². The predicted octanol–water partition coefficient (Wildman–Crippen LogP) is 3.82. The van der Waals surface area contributed by atoms with Gasteiger partial charge in [0.2, 0.25) is 0 Å². The Balaban J connectivity index is 2.15. The van der Waals surface area contributed by atoms with Crippen LogP contribution in [-0.2, 0) is 6.61 Å². The number of halogens is 4. The summed E-state index contributed by atoms with van der Waals surface area (Å²) in [5.41, 5.74) is -0.267. The molecular weight excluding hydrogens is 248 g/mol. The van der Waals surface area contributed by atoms with E-state index >= 15 is 0 Å². The van der Waals surface area contributed by atoms with Gasteiger partial charge in [0.25, 0.3) is 0 Å². The summed E-state index contributed by atoms with van der Waals surface area (Å²) in [7, 11) is 0. The first kappa shape index (κ1) is 12.4. The molecule has 2 rings (SSSR count). The molecule has 2 aromatic rings. The van der Waals surface area contributed by atoms with Crippen molar-refractivity contribution in [3.8, 4) is 5.75 Å². The Bertz CT molecular complexity index is 569. The van der Waals surface area contributed by atoms with Crippen molar-refractivity contribution in [3.63, 3.8) is 0 Å². The average Bonchev–Trinajstić information content (AvgIpc) is 2.32. The number of hydrogen-bond donors (Lipinski definition) is 0. The van der Waals surface area contributed by atoms with Gasteiger partial charge in [-0.25, -0.2) is 17.6 Å². The summed E-state index contributed by atoms with van der Waals surface area (Å²) < 4.78 is 56.9. The maximum Gasteiger partial charge on any atom is 0.165 e. The zero-order valence-electron chi connectivity index (χ0n) is 9.09. The van der Waals surface area contributed by atoms with Crippen LogP contribution in [0.3, 0.4) is 0 Å². The Kier molecular flexibility index (Phi) is 3.50. The zero-order valence-corrected chi connectivity index (χ0v) is 9.09. The van der Waals surface area contributed by atoms with E-state index < -0.39 is 23.3 Å². The SMILES string of the molecule is Fc1cccc(OCc2cc(F)cc(F)c2F)c1. The number of rotatable bonds is 3. The van der Waals surface area contributed by atoms with Crippen LogP contribution in [0.1, 0.15) is 5.56 Å². The first-order chi connectivity index (χ1) is 8.56. The normalized spacial score (nSPS) is 10.4. The fraction of sp³-hybridized carbons (Fsp3) is 0.0769. The standard InChI is InChI=1S/C13H8F4O/c14-9-2-1-3-11(5-9)18-7-8-4-10(15)6-12(16)13(8)17/h1-6H,7H2. The van der Waals surface area contributed by atoms with Crippen LogP contribution in [0, 0.1) is 23.3 Å². The number of ether oxygens (including phenoxy) is 1. The summed E-state index contributed by atoms with van der Waals surface area (Å²) in [5, 5.41) is 0. The van der Waals surface area contributed by atoms with Gasteiger partial charge in [-0.1, -0.05) is 6.07 Å². The third-order valence-corrected chi connectivity index (χ3v) is 2.26. The molecule has 0 amide bonds. The van der Waals surface area contributed by atoms with E-state index in [0.29, 0.717) is 6.07 Å². The van der Waals surface area contributed by atoms with Gasteiger partial charge in [0.1, 0.15) is 24.0 Å². The maximum absolute atomic E-state index is 13.3. The molecule has 18 heavy (non-hydrogen) atoms. The fourth-order valence-electron chi connectivity index (χ4n) is 1.43. The van der Waals surface area contributed by atoms with Gasteiger partial charge in [0.15, 0.2) is 11.6 Å².